The van der Waals surface area contributed by atoms with Crippen molar-refractivity contribution in [1.82, 2.24) is 28.6 Å². The Hall–Kier alpha value is -7.46. The van der Waals surface area contributed by atoms with Crippen LogP contribution in [0.2, 0.25) is 0 Å². The number of esters is 2. The number of fused-ring (bicyclic) bond motifs is 10. The highest BCUT2D eigenvalue weighted by Gasteiger charge is 2.36. The largest absolute Gasteiger partial charge is 0.497 e. The van der Waals surface area contributed by atoms with Crippen LogP contribution in [0.1, 0.15) is 174 Å². The number of carbonyl (C=O) groups excluding carboxylic acids is 4. The van der Waals surface area contributed by atoms with Gasteiger partial charge in [0, 0.05) is 91.4 Å². The molecule has 2 aliphatic carbocycles. The third-order valence-corrected chi connectivity index (χ3v) is 19.7. The summed E-state index contributed by atoms with van der Waals surface area (Å²) in [6.07, 6.45) is 11.6. The monoisotopic (exact) mass is 1410 g/mol. The van der Waals surface area contributed by atoms with Gasteiger partial charge in [-0.15, -0.1) is 0 Å². The van der Waals surface area contributed by atoms with Crippen LogP contribution in [0.4, 0.5) is 0 Å². The molecule has 7 N–H and O–H groups in total. The molecule has 2 aromatic heterocycles. The lowest BCUT2D eigenvalue weighted by Gasteiger charge is -2.24. The van der Waals surface area contributed by atoms with Gasteiger partial charge in [0.2, 0.25) is 0 Å². The average Bonchev–Trinajstić information content (AvgIpc) is 1.58. The lowest BCUT2D eigenvalue weighted by atomic mass is 9.81. The highest BCUT2D eigenvalue weighted by atomic mass is 32.2. The van der Waals surface area contributed by atoms with Crippen molar-refractivity contribution >= 4 is 77.1 Å². The topological polar surface area (TPSA) is 302 Å². The number of allylic oxidation sites excluding steroid dienone is 2. The molecule has 2 fully saturated rings. The first-order chi connectivity index (χ1) is 46.6. The van der Waals surface area contributed by atoms with Crippen molar-refractivity contribution in [3.05, 3.63) is 117 Å². The van der Waals surface area contributed by atoms with Crippen molar-refractivity contribution in [1.29, 1.82) is 0 Å². The summed E-state index contributed by atoms with van der Waals surface area (Å²) in [5, 5.41) is 18.7. The van der Waals surface area contributed by atoms with Gasteiger partial charge in [-0.3, -0.25) is 9.59 Å². The molecular weight excluding hydrogens is 1300 g/mol. The van der Waals surface area contributed by atoms with E-state index >= 15 is 0 Å². The van der Waals surface area contributed by atoms with Crippen LogP contribution in [0.3, 0.4) is 0 Å². The minimum absolute atomic E-state index is 0.0318. The molecule has 0 unspecified atom stereocenters. The number of methoxy groups -OCH3 is 2. The van der Waals surface area contributed by atoms with Gasteiger partial charge in [0.1, 0.15) is 22.7 Å². The SMILES string of the molecule is CNCCOCCN(C)C(=O)C1=C(C)c2cc(OC)ccc2-c2c(C3CCCCC3)c3ccc(C(=O)OC(C)(C)C)cc3n2C1.COc1ccc2c(c1)C(C)=C(C(=O)N(C)CCOCCN(C)S(N)(=O)=O)Cn1c-2c(C2CCCCC2)c2ccc(C(=O)OC(C)(C)C)cc21.NS(N)(=O)=O. The predicted molar refractivity (Wildman–Crippen MR) is 389 cm³/mol. The van der Waals surface area contributed by atoms with Crippen molar-refractivity contribution < 1.29 is 64.4 Å². The number of amides is 2. The van der Waals surface area contributed by atoms with Crippen LogP contribution in [0.15, 0.2) is 83.9 Å². The normalized spacial score (nSPS) is 15.3. The van der Waals surface area contributed by atoms with Crippen LogP contribution in [-0.2, 0) is 62.0 Å². The zero-order valence-corrected chi connectivity index (χ0v) is 61.9. The molecule has 0 bridgehead atoms. The number of hydrogen-bond acceptors (Lipinski definition) is 15. The van der Waals surface area contributed by atoms with Crippen LogP contribution in [0.25, 0.3) is 55.5 Å². The Morgan fingerprint density at radius 3 is 1.26 bits per heavy atom. The molecule has 6 aromatic rings. The molecule has 0 spiro atoms. The standard InChI is InChI=1S/C37H50N4O7S.C37H49N3O5.H4N2O2S/c1-24-30-22-27(46-7)14-16-28(30)34-33(25-11-9-8-10-12-25)29-15-13-26(36(43)48-37(2,3)4)21-32(29)41(34)23-31(24)35(42)39(5)17-19-47-20-18-40(6)49(38,44)45;1-24-30-22-27(43-7)14-16-28(30)34-33(25-11-9-8-10-12-25)29-15-13-26(36(42)45-37(2,3)4)21-32(29)40(34)23-31(24)35(41)39(6)18-20-44-19-17-38-5;1-5(2,3)4/h13-16,21-22,25H,8-12,17-20,23H2,1-7H3,(H2,38,44,45);13-16,21-22,25,38H,8-12,17-20,23H2,1-7H3;(H4,1,2,3,4). The lowest BCUT2D eigenvalue weighted by molar-refractivity contribution is -0.127. The van der Waals surface area contributed by atoms with E-state index in [1.165, 1.54) is 43.9 Å². The van der Waals surface area contributed by atoms with Crippen LogP contribution >= 0.6 is 0 Å². The number of aromatic nitrogens is 2. The number of nitrogens with two attached hydrogens (primary N) is 3. The van der Waals surface area contributed by atoms with E-state index in [1.807, 2.05) is 112 Å². The highest BCUT2D eigenvalue weighted by Crippen LogP contribution is 2.51. The molecule has 4 aromatic carbocycles. The number of ether oxygens (including phenoxy) is 6. The number of hydrogen-bond donors (Lipinski definition) is 4. The van der Waals surface area contributed by atoms with Gasteiger partial charge in [0.15, 0.2) is 0 Å². The molecule has 4 heterocycles. The van der Waals surface area contributed by atoms with Crippen molar-refractivity contribution in [2.24, 2.45) is 15.4 Å². The molecule has 25 heteroatoms. The first-order valence-electron chi connectivity index (χ1n) is 34.1. The van der Waals surface area contributed by atoms with E-state index in [0.29, 0.717) is 73.7 Å². The van der Waals surface area contributed by atoms with E-state index < -0.39 is 31.6 Å². The van der Waals surface area contributed by atoms with Crippen molar-refractivity contribution in [3.8, 4) is 34.0 Å². The minimum Gasteiger partial charge on any atom is -0.497 e. The Morgan fingerprint density at radius 2 is 0.909 bits per heavy atom. The summed E-state index contributed by atoms with van der Waals surface area (Å²) in [5.74, 6) is 1.29. The second-order valence-corrected chi connectivity index (χ2v) is 30.9. The fourth-order valence-electron chi connectivity index (χ4n) is 13.6. The Bertz CT molecular complexity index is 4230. The molecule has 23 nitrogen and oxygen atoms in total. The number of carbonyl (C=O) groups is 4. The first-order valence-corrected chi connectivity index (χ1v) is 37.2. The number of benzene rings is 4. The molecule has 2 aliphatic heterocycles. The first kappa shape index (κ1) is 77.3. The predicted octanol–water partition coefficient (Wildman–Crippen LogP) is 10.7. The van der Waals surface area contributed by atoms with Gasteiger partial charge >= 0.3 is 11.9 Å². The van der Waals surface area contributed by atoms with Crippen LogP contribution in [0.5, 0.6) is 11.5 Å². The third kappa shape index (κ3) is 19.3. The second-order valence-electron chi connectivity index (χ2n) is 28.1. The van der Waals surface area contributed by atoms with E-state index in [1.54, 1.807) is 31.1 Å². The van der Waals surface area contributed by atoms with E-state index in [9.17, 15) is 36.0 Å². The zero-order chi connectivity index (χ0) is 72.5. The maximum absolute atomic E-state index is 14.3. The van der Waals surface area contributed by atoms with E-state index in [-0.39, 0.29) is 43.5 Å². The van der Waals surface area contributed by atoms with Gasteiger partial charge in [-0.05, 0) is 194 Å². The molecule has 0 atom stereocenters. The number of nitrogens with zero attached hydrogens (tertiary/aromatic N) is 5. The molecule has 99 heavy (non-hydrogen) atoms. The summed E-state index contributed by atoms with van der Waals surface area (Å²) in [5.41, 5.74) is 13.6. The van der Waals surface area contributed by atoms with E-state index in [4.69, 9.17) is 33.6 Å². The van der Waals surface area contributed by atoms with Crippen LogP contribution in [-0.4, -0.2) is 170 Å². The minimum atomic E-state index is -3.79. The van der Waals surface area contributed by atoms with Crippen molar-refractivity contribution in [2.75, 3.05) is 95.0 Å². The van der Waals surface area contributed by atoms with Crippen molar-refractivity contribution in [3.63, 3.8) is 0 Å². The van der Waals surface area contributed by atoms with Crippen molar-refractivity contribution in [2.45, 2.75) is 156 Å². The summed E-state index contributed by atoms with van der Waals surface area (Å²) in [4.78, 5) is 58.5. The number of rotatable bonds is 21. The van der Waals surface area contributed by atoms with Gasteiger partial charge in [-0.1, -0.05) is 50.7 Å². The van der Waals surface area contributed by atoms with E-state index in [0.717, 1.165) is 127 Å². The molecule has 0 saturated heterocycles. The molecule has 10 rings (SSSR count). The zero-order valence-electron chi connectivity index (χ0n) is 60.2. The summed E-state index contributed by atoms with van der Waals surface area (Å²) in [6, 6.07) is 24.0. The molecule has 540 valence electrons. The fourth-order valence-corrected chi connectivity index (χ4v) is 14.0. The van der Waals surface area contributed by atoms with Crippen LogP contribution < -0.4 is 30.2 Å². The third-order valence-electron chi connectivity index (χ3n) is 18.6. The summed E-state index contributed by atoms with van der Waals surface area (Å²) < 4.78 is 81.1. The average molecular weight is 1410 g/mol. The molecule has 4 aliphatic rings. The number of nitrogens with one attached hydrogen (secondary N) is 1. The Kier molecular flexibility index (Phi) is 25.7. The Balaban J connectivity index is 0.000000237. The Labute approximate surface area is 584 Å². The lowest BCUT2D eigenvalue weighted by Crippen LogP contribution is -2.36. The quantitative estimate of drug-likeness (QED) is 0.0385. The smallest absolute Gasteiger partial charge is 0.338 e. The molecular formula is C74H103N9O14S2. The van der Waals surface area contributed by atoms with E-state index in [2.05, 4.69) is 55.1 Å². The van der Waals surface area contributed by atoms with Crippen LogP contribution in [0, 0.1) is 0 Å². The summed E-state index contributed by atoms with van der Waals surface area (Å²) >= 11 is 0. The van der Waals surface area contributed by atoms with Gasteiger partial charge in [0.25, 0.3) is 32.2 Å². The maximum atomic E-state index is 14.3. The molecule has 2 amide bonds. The van der Waals surface area contributed by atoms with Gasteiger partial charge in [-0.25, -0.2) is 25.0 Å². The summed E-state index contributed by atoms with van der Waals surface area (Å²) in [7, 11) is 2.71. The Morgan fingerprint density at radius 1 is 0.535 bits per heavy atom. The number of likely N-dealkylation sites (N-methyl/N-ethyl adjacent to an activating group) is 4. The maximum Gasteiger partial charge on any atom is 0.338 e. The molecule has 0 radical (unpaired) electrons. The fraction of sp³-hybridized carbons (Fsp3) is 0.514. The van der Waals surface area contributed by atoms with Gasteiger partial charge in [-0.2, -0.15) is 21.1 Å². The molecule has 2 saturated carbocycles. The second kappa shape index (κ2) is 32.9. The summed E-state index contributed by atoms with van der Waals surface area (Å²) in [6.45, 7) is 19.0. The highest BCUT2D eigenvalue weighted by molar-refractivity contribution is 7.87. The van der Waals surface area contributed by atoms with Gasteiger partial charge in [0.05, 0.1) is 76.3 Å². The van der Waals surface area contributed by atoms with Gasteiger partial charge < -0.3 is 52.7 Å².